The molecule has 0 bridgehead atoms. The molecular formula is C14H17NO3S. The molecule has 0 aliphatic carbocycles. The van der Waals surface area contributed by atoms with Gasteiger partial charge in [-0.25, -0.2) is 8.42 Å². The van der Waals surface area contributed by atoms with Crippen molar-refractivity contribution >= 4 is 9.84 Å². The van der Waals surface area contributed by atoms with Crippen molar-refractivity contribution in [1.82, 2.24) is 5.16 Å². The fourth-order valence-corrected chi connectivity index (χ4v) is 3.74. The zero-order valence-corrected chi connectivity index (χ0v) is 12.1. The molecule has 0 fully saturated rings. The van der Waals surface area contributed by atoms with Crippen LogP contribution < -0.4 is 0 Å². The first kappa shape index (κ1) is 13.8. The zero-order chi connectivity index (χ0) is 14.0. The fraction of sp³-hybridized carbons (Fsp3) is 0.357. The van der Waals surface area contributed by atoms with E-state index in [2.05, 4.69) is 5.16 Å². The Morgan fingerprint density at radius 1 is 1.11 bits per heavy atom. The number of nitrogens with zero attached hydrogens (tertiary/aromatic N) is 1. The summed E-state index contributed by atoms with van der Waals surface area (Å²) in [5.74, 6) is 0.595. The number of hydrogen-bond acceptors (Lipinski definition) is 4. The first-order valence-electron chi connectivity index (χ1n) is 6.06. The van der Waals surface area contributed by atoms with Crippen LogP contribution in [0.4, 0.5) is 0 Å². The minimum absolute atomic E-state index is 0.0253. The molecule has 0 unspecified atom stereocenters. The van der Waals surface area contributed by atoms with Gasteiger partial charge in [-0.2, -0.15) is 0 Å². The standard InChI is InChI=1S/C14H17NO3S/c1-10-6-4-5-7-13(10)8-19(16,17)9-14-11(2)15-18-12(14)3/h4-7H,8-9H2,1-3H3. The van der Waals surface area contributed by atoms with Crippen molar-refractivity contribution in [3.8, 4) is 0 Å². The van der Waals surface area contributed by atoms with Crippen LogP contribution in [0.1, 0.15) is 28.1 Å². The minimum atomic E-state index is -3.23. The number of rotatable bonds is 4. The molecule has 1 heterocycles. The predicted molar refractivity (Wildman–Crippen MR) is 73.5 cm³/mol. The van der Waals surface area contributed by atoms with Gasteiger partial charge in [0.25, 0.3) is 0 Å². The molecule has 2 rings (SSSR count). The molecule has 4 nitrogen and oxygen atoms in total. The van der Waals surface area contributed by atoms with Gasteiger partial charge < -0.3 is 4.52 Å². The highest BCUT2D eigenvalue weighted by Gasteiger charge is 2.19. The summed E-state index contributed by atoms with van der Waals surface area (Å²) in [6, 6.07) is 7.52. The lowest BCUT2D eigenvalue weighted by atomic mass is 10.1. The van der Waals surface area contributed by atoms with Crippen LogP contribution in [0.15, 0.2) is 28.8 Å². The first-order chi connectivity index (χ1) is 8.89. The van der Waals surface area contributed by atoms with E-state index in [9.17, 15) is 8.42 Å². The summed E-state index contributed by atoms with van der Waals surface area (Å²) < 4.78 is 29.5. The van der Waals surface area contributed by atoms with E-state index in [0.29, 0.717) is 17.0 Å². The summed E-state index contributed by atoms with van der Waals surface area (Å²) in [6.45, 7) is 5.41. The molecule has 0 N–H and O–H groups in total. The summed E-state index contributed by atoms with van der Waals surface area (Å²) in [5.41, 5.74) is 3.15. The zero-order valence-electron chi connectivity index (χ0n) is 11.3. The van der Waals surface area contributed by atoms with Crippen LogP contribution in [-0.2, 0) is 21.3 Å². The molecule has 0 radical (unpaired) electrons. The molecule has 0 atom stereocenters. The lowest BCUT2D eigenvalue weighted by Crippen LogP contribution is -2.09. The Balaban J connectivity index is 2.23. The van der Waals surface area contributed by atoms with Crippen LogP contribution in [0.5, 0.6) is 0 Å². The van der Waals surface area contributed by atoms with E-state index in [-0.39, 0.29) is 11.5 Å². The van der Waals surface area contributed by atoms with E-state index < -0.39 is 9.84 Å². The van der Waals surface area contributed by atoms with E-state index in [1.54, 1.807) is 13.8 Å². The molecule has 1 aromatic carbocycles. The van der Waals surface area contributed by atoms with Crippen molar-refractivity contribution in [3.63, 3.8) is 0 Å². The number of benzene rings is 1. The fourth-order valence-electron chi connectivity index (χ4n) is 1.99. The number of aromatic nitrogens is 1. The maximum absolute atomic E-state index is 12.3. The maximum Gasteiger partial charge on any atom is 0.158 e. The van der Waals surface area contributed by atoms with Crippen LogP contribution >= 0.6 is 0 Å². The van der Waals surface area contributed by atoms with Gasteiger partial charge in [0.2, 0.25) is 0 Å². The summed E-state index contributed by atoms with van der Waals surface area (Å²) >= 11 is 0. The quantitative estimate of drug-likeness (QED) is 0.863. The molecule has 0 saturated heterocycles. The third kappa shape index (κ3) is 3.23. The van der Waals surface area contributed by atoms with Crippen LogP contribution in [0.25, 0.3) is 0 Å². The Kier molecular flexibility index (Phi) is 3.75. The molecule has 0 saturated carbocycles. The number of aryl methyl sites for hydroxylation is 3. The Labute approximate surface area is 113 Å². The van der Waals surface area contributed by atoms with Gasteiger partial charge in [-0.15, -0.1) is 0 Å². The van der Waals surface area contributed by atoms with Crippen LogP contribution in [0, 0.1) is 20.8 Å². The predicted octanol–water partition coefficient (Wildman–Crippen LogP) is 2.71. The van der Waals surface area contributed by atoms with Crippen molar-refractivity contribution in [2.75, 3.05) is 0 Å². The summed E-state index contributed by atoms with van der Waals surface area (Å²) in [7, 11) is -3.23. The summed E-state index contributed by atoms with van der Waals surface area (Å²) in [5, 5.41) is 3.79. The van der Waals surface area contributed by atoms with Crippen molar-refractivity contribution < 1.29 is 12.9 Å². The van der Waals surface area contributed by atoms with E-state index in [1.807, 2.05) is 31.2 Å². The molecule has 0 aliphatic heterocycles. The lowest BCUT2D eigenvalue weighted by Gasteiger charge is -2.07. The van der Waals surface area contributed by atoms with Gasteiger partial charge in [-0.1, -0.05) is 29.4 Å². The van der Waals surface area contributed by atoms with Gasteiger partial charge in [0, 0.05) is 5.56 Å². The Morgan fingerprint density at radius 3 is 2.37 bits per heavy atom. The van der Waals surface area contributed by atoms with E-state index in [1.165, 1.54) is 0 Å². The smallest absolute Gasteiger partial charge is 0.158 e. The first-order valence-corrected chi connectivity index (χ1v) is 7.88. The normalized spacial score (nSPS) is 11.7. The highest BCUT2D eigenvalue weighted by molar-refractivity contribution is 7.89. The highest BCUT2D eigenvalue weighted by atomic mass is 32.2. The van der Waals surface area contributed by atoms with E-state index >= 15 is 0 Å². The van der Waals surface area contributed by atoms with Gasteiger partial charge in [0.05, 0.1) is 17.2 Å². The molecule has 1 aromatic heterocycles. The molecule has 0 spiro atoms. The number of sulfone groups is 1. The van der Waals surface area contributed by atoms with Gasteiger partial charge in [0.1, 0.15) is 5.76 Å². The lowest BCUT2D eigenvalue weighted by molar-refractivity contribution is 0.392. The molecule has 0 aliphatic rings. The molecule has 0 amide bonds. The van der Waals surface area contributed by atoms with Crippen molar-refractivity contribution in [1.29, 1.82) is 0 Å². The molecular weight excluding hydrogens is 262 g/mol. The second-order valence-electron chi connectivity index (χ2n) is 4.76. The van der Waals surface area contributed by atoms with Gasteiger partial charge >= 0.3 is 0 Å². The van der Waals surface area contributed by atoms with Crippen molar-refractivity contribution in [3.05, 3.63) is 52.4 Å². The monoisotopic (exact) mass is 279 g/mol. The average molecular weight is 279 g/mol. The second-order valence-corrected chi connectivity index (χ2v) is 6.83. The molecule has 19 heavy (non-hydrogen) atoms. The third-order valence-electron chi connectivity index (χ3n) is 3.18. The van der Waals surface area contributed by atoms with Crippen LogP contribution in [0.2, 0.25) is 0 Å². The van der Waals surface area contributed by atoms with Crippen LogP contribution in [0.3, 0.4) is 0 Å². The van der Waals surface area contributed by atoms with Gasteiger partial charge in [-0.05, 0) is 31.9 Å². The number of hydrogen-bond donors (Lipinski definition) is 0. The third-order valence-corrected chi connectivity index (χ3v) is 4.66. The van der Waals surface area contributed by atoms with E-state index in [4.69, 9.17) is 4.52 Å². The molecule has 5 heteroatoms. The highest BCUT2D eigenvalue weighted by Crippen LogP contribution is 2.19. The van der Waals surface area contributed by atoms with Crippen molar-refractivity contribution in [2.24, 2.45) is 0 Å². The van der Waals surface area contributed by atoms with Gasteiger partial charge in [-0.3, -0.25) is 0 Å². The Bertz CT molecular complexity index is 667. The molecule has 102 valence electrons. The summed E-state index contributed by atoms with van der Waals surface area (Å²) in [4.78, 5) is 0. The minimum Gasteiger partial charge on any atom is -0.361 e. The van der Waals surface area contributed by atoms with Gasteiger partial charge in [0.15, 0.2) is 9.84 Å². The second kappa shape index (κ2) is 5.17. The average Bonchev–Trinajstić information content (AvgIpc) is 2.63. The van der Waals surface area contributed by atoms with Crippen molar-refractivity contribution in [2.45, 2.75) is 32.3 Å². The van der Waals surface area contributed by atoms with Crippen LogP contribution in [-0.4, -0.2) is 13.6 Å². The molecule has 2 aromatic rings. The van der Waals surface area contributed by atoms with E-state index in [0.717, 1.165) is 11.1 Å². The Hall–Kier alpha value is -1.62. The Morgan fingerprint density at radius 2 is 1.79 bits per heavy atom. The summed E-state index contributed by atoms with van der Waals surface area (Å²) in [6.07, 6.45) is 0. The largest absolute Gasteiger partial charge is 0.361 e. The topological polar surface area (TPSA) is 60.2 Å². The maximum atomic E-state index is 12.3. The SMILES string of the molecule is Cc1ccccc1CS(=O)(=O)Cc1c(C)noc1C.